The summed E-state index contributed by atoms with van der Waals surface area (Å²) in [5, 5.41) is 0. The van der Waals surface area contributed by atoms with E-state index in [2.05, 4.69) is 4.98 Å². The Balaban J connectivity index is 1.49. The summed E-state index contributed by atoms with van der Waals surface area (Å²) >= 11 is 0. The largest absolute Gasteiger partial charge is 0.339 e. The summed E-state index contributed by atoms with van der Waals surface area (Å²) in [4.78, 5) is 32.7. The number of benzene rings is 1. The van der Waals surface area contributed by atoms with Crippen LogP contribution in [0.15, 0.2) is 48.8 Å². The van der Waals surface area contributed by atoms with E-state index in [0.29, 0.717) is 25.9 Å². The van der Waals surface area contributed by atoms with Gasteiger partial charge in [-0.05, 0) is 30.9 Å². The lowest BCUT2D eigenvalue weighted by Crippen LogP contribution is -2.52. The lowest BCUT2D eigenvalue weighted by atomic mass is 9.81. The van der Waals surface area contributed by atoms with Crippen molar-refractivity contribution in [2.45, 2.75) is 30.7 Å². The van der Waals surface area contributed by atoms with Crippen LogP contribution in [-0.2, 0) is 4.79 Å². The van der Waals surface area contributed by atoms with E-state index in [1.165, 1.54) is 12.3 Å². The molecule has 1 spiro atoms. The Labute approximate surface area is 157 Å². The molecule has 140 valence electrons. The highest BCUT2D eigenvalue weighted by Gasteiger charge is 2.50. The minimum atomic E-state index is -0.597. The maximum atomic E-state index is 13.9. The summed E-state index contributed by atoms with van der Waals surface area (Å²) in [6.07, 6.45) is 4.66. The fourth-order valence-electron chi connectivity index (χ4n) is 4.40. The fraction of sp³-hybridized carbons (Fsp3) is 0.381. The van der Waals surface area contributed by atoms with E-state index in [1.54, 1.807) is 4.90 Å². The van der Waals surface area contributed by atoms with Gasteiger partial charge in [0, 0.05) is 31.9 Å². The van der Waals surface area contributed by atoms with Crippen molar-refractivity contribution in [3.63, 3.8) is 0 Å². The van der Waals surface area contributed by atoms with Crippen molar-refractivity contribution in [1.29, 1.82) is 0 Å². The maximum absolute atomic E-state index is 13.9. The molecule has 1 atom stereocenters. The Morgan fingerprint density at radius 3 is 2.56 bits per heavy atom. The molecule has 5 nitrogen and oxygen atoms in total. The van der Waals surface area contributed by atoms with Gasteiger partial charge in [0.15, 0.2) is 5.82 Å². The van der Waals surface area contributed by atoms with Gasteiger partial charge in [-0.3, -0.25) is 14.6 Å². The van der Waals surface area contributed by atoms with Crippen molar-refractivity contribution in [1.82, 2.24) is 14.8 Å². The first-order chi connectivity index (χ1) is 13.0. The van der Waals surface area contributed by atoms with Crippen molar-refractivity contribution in [2.24, 2.45) is 0 Å². The highest BCUT2D eigenvalue weighted by molar-refractivity contribution is 5.94. The van der Waals surface area contributed by atoms with Gasteiger partial charge in [-0.25, -0.2) is 4.39 Å². The van der Waals surface area contributed by atoms with E-state index < -0.39 is 5.82 Å². The number of rotatable bonds is 2. The number of piperidine rings is 1. The molecule has 1 aromatic heterocycles. The van der Waals surface area contributed by atoms with E-state index >= 15 is 0 Å². The van der Waals surface area contributed by atoms with Crippen LogP contribution < -0.4 is 0 Å². The molecule has 0 N–H and O–H groups in total. The summed E-state index contributed by atoms with van der Waals surface area (Å²) in [6, 6.07) is 11.3. The first-order valence-corrected chi connectivity index (χ1v) is 9.23. The molecule has 2 aliphatic rings. The van der Waals surface area contributed by atoms with E-state index in [-0.39, 0.29) is 28.8 Å². The molecule has 0 radical (unpaired) electrons. The lowest BCUT2D eigenvalue weighted by Gasteiger charge is -2.43. The van der Waals surface area contributed by atoms with Crippen LogP contribution in [0.25, 0.3) is 0 Å². The molecule has 4 rings (SSSR count). The Morgan fingerprint density at radius 1 is 1.19 bits per heavy atom. The molecule has 1 aromatic carbocycles. The molecular formula is C21H22FN3O2. The SMILES string of the molecule is CN1C(=O)[C@H](c2ccccc2)CC12CCN(C(=O)c1ccncc1F)CC2. The molecule has 2 fully saturated rings. The van der Waals surface area contributed by atoms with Crippen LogP contribution in [0.3, 0.4) is 0 Å². The van der Waals surface area contributed by atoms with Crippen LogP contribution in [-0.4, -0.2) is 52.3 Å². The van der Waals surface area contributed by atoms with Gasteiger partial charge < -0.3 is 9.80 Å². The van der Waals surface area contributed by atoms with Gasteiger partial charge in [0.1, 0.15) is 0 Å². The third-order valence-corrected chi connectivity index (χ3v) is 6.11. The average Bonchev–Trinajstić information content (AvgIpc) is 2.94. The number of hydrogen-bond donors (Lipinski definition) is 0. The molecule has 2 saturated heterocycles. The first kappa shape index (κ1) is 17.6. The molecule has 2 amide bonds. The van der Waals surface area contributed by atoms with Gasteiger partial charge in [0.05, 0.1) is 17.7 Å². The van der Waals surface area contributed by atoms with Crippen molar-refractivity contribution < 1.29 is 14.0 Å². The zero-order chi connectivity index (χ0) is 19.0. The van der Waals surface area contributed by atoms with E-state index in [0.717, 1.165) is 18.2 Å². The number of carbonyl (C=O) groups excluding carboxylic acids is 2. The molecule has 3 heterocycles. The summed E-state index contributed by atoms with van der Waals surface area (Å²) in [5.74, 6) is -0.895. The molecule has 27 heavy (non-hydrogen) atoms. The predicted octanol–water partition coefficient (Wildman–Crippen LogP) is 2.84. The predicted molar refractivity (Wildman–Crippen MR) is 98.6 cm³/mol. The van der Waals surface area contributed by atoms with E-state index in [1.807, 2.05) is 42.3 Å². The minimum absolute atomic E-state index is 0.0546. The summed E-state index contributed by atoms with van der Waals surface area (Å²) in [5.41, 5.74) is 0.869. The van der Waals surface area contributed by atoms with Crippen molar-refractivity contribution in [2.75, 3.05) is 20.1 Å². The van der Waals surface area contributed by atoms with Gasteiger partial charge >= 0.3 is 0 Å². The third-order valence-electron chi connectivity index (χ3n) is 6.11. The van der Waals surface area contributed by atoms with Crippen LogP contribution in [0.1, 0.15) is 41.1 Å². The Morgan fingerprint density at radius 2 is 1.89 bits per heavy atom. The number of hydrogen-bond acceptors (Lipinski definition) is 3. The number of likely N-dealkylation sites (N-methyl/N-ethyl adjacent to an activating group) is 1. The number of halogens is 1. The topological polar surface area (TPSA) is 53.5 Å². The van der Waals surface area contributed by atoms with Crippen molar-refractivity contribution in [3.05, 3.63) is 65.7 Å². The second kappa shape index (κ2) is 6.76. The zero-order valence-electron chi connectivity index (χ0n) is 15.3. The third kappa shape index (κ3) is 2.99. The Kier molecular flexibility index (Phi) is 4.42. The van der Waals surface area contributed by atoms with Crippen LogP contribution >= 0.6 is 0 Å². The number of carbonyl (C=O) groups is 2. The summed E-state index contributed by atoms with van der Waals surface area (Å²) in [6.45, 7) is 1.03. The monoisotopic (exact) mass is 367 g/mol. The van der Waals surface area contributed by atoms with E-state index in [9.17, 15) is 14.0 Å². The smallest absolute Gasteiger partial charge is 0.256 e. The average molecular weight is 367 g/mol. The number of amides is 2. The molecule has 2 aliphatic heterocycles. The number of pyridine rings is 1. The highest BCUT2D eigenvalue weighted by atomic mass is 19.1. The first-order valence-electron chi connectivity index (χ1n) is 9.23. The fourth-order valence-corrected chi connectivity index (χ4v) is 4.40. The second-order valence-electron chi connectivity index (χ2n) is 7.44. The van der Waals surface area contributed by atoms with Crippen LogP contribution in [0, 0.1) is 5.82 Å². The van der Waals surface area contributed by atoms with Crippen molar-refractivity contribution >= 4 is 11.8 Å². The molecule has 6 heteroatoms. The normalized spacial score (nSPS) is 21.7. The van der Waals surface area contributed by atoms with Gasteiger partial charge in [0.25, 0.3) is 5.91 Å². The van der Waals surface area contributed by atoms with Crippen LogP contribution in [0.2, 0.25) is 0 Å². The van der Waals surface area contributed by atoms with Crippen molar-refractivity contribution in [3.8, 4) is 0 Å². The van der Waals surface area contributed by atoms with Gasteiger partial charge in [-0.1, -0.05) is 30.3 Å². The Hall–Kier alpha value is -2.76. The lowest BCUT2D eigenvalue weighted by molar-refractivity contribution is -0.131. The number of likely N-dealkylation sites (tertiary alicyclic amines) is 2. The molecule has 2 aromatic rings. The molecule has 0 unspecified atom stereocenters. The molecule has 0 saturated carbocycles. The Bertz CT molecular complexity index is 863. The molecule has 0 aliphatic carbocycles. The summed E-state index contributed by atoms with van der Waals surface area (Å²) in [7, 11) is 1.87. The van der Waals surface area contributed by atoms with Gasteiger partial charge in [-0.15, -0.1) is 0 Å². The standard InChI is InChI=1S/C21H22FN3O2/c1-24-19(26)17(15-5-3-2-4-6-15)13-21(24)8-11-25(12-9-21)20(27)16-7-10-23-14-18(16)22/h2-7,10,14,17H,8-9,11-13H2,1H3/t17-/m0/s1. The number of aromatic nitrogens is 1. The summed E-state index contributed by atoms with van der Waals surface area (Å²) < 4.78 is 13.9. The van der Waals surface area contributed by atoms with Gasteiger partial charge in [-0.2, -0.15) is 0 Å². The zero-order valence-corrected chi connectivity index (χ0v) is 15.3. The maximum Gasteiger partial charge on any atom is 0.256 e. The highest BCUT2D eigenvalue weighted by Crippen LogP contribution is 2.44. The molecular weight excluding hydrogens is 345 g/mol. The minimum Gasteiger partial charge on any atom is -0.339 e. The second-order valence-corrected chi connectivity index (χ2v) is 7.44. The van der Waals surface area contributed by atoms with Crippen LogP contribution in [0.5, 0.6) is 0 Å². The molecule has 0 bridgehead atoms. The van der Waals surface area contributed by atoms with E-state index in [4.69, 9.17) is 0 Å². The van der Waals surface area contributed by atoms with Crippen LogP contribution in [0.4, 0.5) is 4.39 Å². The van der Waals surface area contributed by atoms with Gasteiger partial charge in [0.2, 0.25) is 5.91 Å². The quantitative estimate of drug-likeness (QED) is 0.820. The number of nitrogens with zero attached hydrogens (tertiary/aromatic N) is 3.